The number of dihydropyridines is 1. The summed E-state index contributed by atoms with van der Waals surface area (Å²) in [6.45, 7) is 2.00. The zero-order valence-electron chi connectivity index (χ0n) is 21.2. The number of methoxy groups -OCH3 is 3. The van der Waals surface area contributed by atoms with Gasteiger partial charge in [0.1, 0.15) is 12.4 Å². The lowest BCUT2D eigenvalue weighted by Crippen LogP contribution is -2.21. The number of aromatic nitrogens is 1. The molecule has 8 nitrogen and oxygen atoms in total. The van der Waals surface area contributed by atoms with Crippen LogP contribution in [0, 0.1) is 0 Å². The molecule has 0 unspecified atom stereocenters. The van der Waals surface area contributed by atoms with E-state index in [-0.39, 0.29) is 0 Å². The van der Waals surface area contributed by atoms with Gasteiger partial charge in [-0.15, -0.1) is 0 Å². The summed E-state index contributed by atoms with van der Waals surface area (Å²) in [7, 11) is 8.92. The Kier molecular flexibility index (Phi) is 6.52. The molecule has 0 spiro atoms. The molecule has 186 valence electrons. The zero-order valence-corrected chi connectivity index (χ0v) is 21.2. The van der Waals surface area contributed by atoms with Crippen LogP contribution in [0.3, 0.4) is 0 Å². The standard InChI is InChI=1S/C28H30N4O4/c1-31(2)10-11-36-24-14-22-20-6-8-29-15-18(20)17-32(27(22)23-16-30-9-7-21(23)24)19-12-25(33-3)28(35-5)26(13-19)34-4/h6-9,12-14,16-17H,10-11,15H2,1-5H3. The molecule has 0 fully saturated rings. The summed E-state index contributed by atoms with van der Waals surface area (Å²) in [5.41, 5.74) is 5.19. The third-order valence-electron chi connectivity index (χ3n) is 6.37. The van der Waals surface area contributed by atoms with Crippen LogP contribution >= 0.6 is 0 Å². The van der Waals surface area contributed by atoms with Gasteiger partial charge in [-0.2, -0.15) is 0 Å². The maximum atomic E-state index is 6.30. The van der Waals surface area contributed by atoms with Gasteiger partial charge >= 0.3 is 0 Å². The first-order valence-electron chi connectivity index (χ1n) is 11.7. The van der Waals surface area contributed by atoms with Gasteiger partial charge in [0.25, 0.3) is 0 Å². The summed E-state index contributed by atoms with van der Waals surface area (Å²) in [4.78, 5) is 13.2. The molecule has 0 N–H and O–H groups in total. The van der Waals surface area contributed by atoms with E-state index < -0.39 is 0 Å². The number of nitrogens with zero attached hydrogens (tertiary/aromatic N) is 4. The number of likely N-dealkylation sites (N-methyl/N-ethyl adjacent to an activating group) is 1. The molecule has 1 aromatic heterocycles. The molecule has 3 heterocycles. The largest absolute Gasteiger partial charge is 0.493 e. The van der Waals surface area contributed by atoms with Crippen molar-refractivity contribution >= 4 is 33.9 Å². The maximum Gasteiger partial charge on any atom is 0.203 e. The minimum atomic E-state index is 0.549. The van der Waals surface area contributed by atoms with Crippen LogP contribution in [-0.4, -0.2) is 71.2 Å². The Morgan fingerprint density at radius 2 is 1.75 bits per heavy atom. The van der Waals surface area contributed by atoms with Crippen LogP contribution < -0.4 is 23.8 Å². The van der Waals surface area contributed by atoms with Gasteiger partial charge < -0.3 is 28.7 Å². The fourth-order valence-electron chi connectivity index (χ4n) is 4.62. The lowest BCUT2D eigenvalue weighted by molar-refractivity contribution is 0.263. The van der Waals surface area contributed by atoms with Crippen molar-refractivity contribution < 1.29 is 18.9 Å². The van der Waals surface area contributed by atoms with Crippen LogP contribution in [0.15, 0.2) is 59.5 Å². The number of anilines is 2. The summed E-state index contributed by atoms with van der Waals surface area (Å²) in [5.74, 6) is 2.55. The Hall–Kier alpha value is -4.04. The monoisotopic (exact) mass is 486 g/mol. The van der Waals surface area contributed by atoms with Crippen LogP contribution in [0.5, 0.6) is 23.0 Å². The van der Waals surface area contributed by atoms with Crippen LogP contribution in [0.2, 0.25) is 0 Å². The predicted octanol–water partition coefficient (Wildman–Crippen LogP) is 4.70. The molecule has 3 aromatic rings. The first kappa shape index (κ1) is 23.7. The summed E-state index contributed by atoms with van der Waals surface area (Å²) < 4.78 is 23.2. The minimum absolute atomic E-state index is 0.549. The smallest absolute Gasteiger partial charge is 0.203 e. The van der Waals surface area contributed by atoms with Crippen molar-refractivity contribution in [2.24, 2.45) is 4.99 Å². The first-order chi connectivity index (χ1) is 17.5. The van der Waals surface area contributed by atoms with Gasteiger partial charge in [-0.1, -0.05) is 0 Å². The van der Waals surface area contributed by atoms with E-state index in [4.69, 9.17) is 18.9 Å². The van der Waals surface area contributed by atoms with Gasteiger partial charge in [0, 0.05) is 59.8 Å². The molecule has 0 bridgehead atoms. The summed E-state index contributed by atoms with van der Waals surface area (Å²) >= 11 is 0. The third-order valence-corrected chi connectivity index (χ3v) is 6.37. The number of fused-ring (bicyclic) bond motifs is 5. The molecular formula is C28H30N4O4. The number of ether oxygens (including phenoxy) is 4. The van der Waals surface area contributed by atoms with E-state index in [1.165, 1.54) is 0 Å². The van der Waals surface area contributed by atoms with Gasteiger partial charge in [0.05, 0.1) is 39.2 Å². The molecule has 0 radical (unpaired) electrons. The number of hydrogen-bond donors (Lipinski definition) is 0. The molecular weight excluding hydrogens is 456 g/mol. The van der Waals surface area contributed by atoms with Crippen LogP contribution in [-0.2, 0) is 0 Å². The van der Waals surface area contributed by atoms with E-state index in [0.29, 0.717) is 30.4 Å². The van der Waals surface area contributed by atoms with Gasteiger partial charge in [0.2, 0.25) is 5.75 Å². The molecule has 0 saturated heterocycles. The molecule has 2 aromatic carbocycles. The number of hydrogen-bond acceptors (Lipinski definition) is 8. The Balaban J connectivity index is 1.75. The van der Waals surface area contributed by atoms with Gasteiger partial charge in [-0.3, -0.25) is 9.98 Å². The van der Waals surface area contributed by atoms with Crippen LogP contribution in [0.1, 0.15) is 5.56 Å². The van der Waals surface area contributed by atoms with E-state index in [2.05, 4.69) is 38.1 Å². The second-order valence-corrected chi connectivity index (χ2v) is 8.82. The average molecular weight is 487 g/mol. The maximum absolute atomic E-state index is 6.30. The second kappa shape index (κ2) is 9.91. The fourth-order valence-corrected chi connectivity index (χ4v) is 4.62. The van der Waals surface area contributed by atoms with E-state index >= 15 is 0 Å². The SMILES string of the molecule is COc1cc(N2C=C3CN=CC=C3c3cc(OCCN(C)C)c4ccncc4c32)cc(OC)c1OC. The van der Waals surface area contributed by atoms with Crippen molar-refractivity contribution in [1.82, 2.24) is 9.88 Å². The number of pyridine rings is 1. The second-order valence-electron chi connectivity index (χ2n) is 8.82. The highest BCUT2D eigenvalue weighted by molar-refractivity contribution is 6.10. The molecule has 0 atom stereocenters. The molecule has 0 saturated carbocycles. The van der Waals surface area contributed by atoms with Gasteiger partial charge in [-0.05, 0) is 43.5 Å². The van der Waals surface area contributed by atoms with Crippen molar-refractivity contribution in [2.45, 2.75) is 0 Å². The van der Waals surface area contributed by atoms with E-state index in [0.717, 1.165) is 51.2 Å². The molecule has 36 heavy (non-hydrogen) atoms. The minimum Gasteiger partial charge on any atom is -0.493 e. The molecule has 8 heteroatoms. The Morgan fingerprint density at radius 3 is 2.44 bits per heavy atom. The average Bonchev–Trinajstić information content (AvgIpc) is 2.91. The molecule has 5 rings (SSSR count). The highest BCUT2D eigenvalue weighted by Crippen LogP contribution is 2.50. The van der Waals surface area contributed by atoms with E-state index in [1.807, 2.05) is 44.7 Å². The zero-order chi connectivity index (χ0) is 25.2. The summed E-state index contributed by atoms with van der Waals surface area (Å²) in [6, 6.07) is 8.04. The van der Waals surface area contributed by atoms with Gasteiger partial charge in [-0.25, -0.2) is 0 Å². The van der Waals surface area contributed by atoms with E-state index in [9.17, 15) is 0 Å². The van der Waals surface area contributed by atoms with Crippen LogP contribution in [0.25, 0.3) is 16.3 Å². The van der Waals surface area contributed by atoms with Crippen molar-refractivity contribution in [2.75, 3.05) is 60.0 Å². The lowest BCUT2D eigenvalue weighted by atomic mass is 9.89. The highest BCUT2D eigenvalue weighted by atomic mass is 16.5. The fraction of sp³-hybridized carbons (Fsp3) is 0.286. The molecule has 0 amide bonds. The number of benzene rings is 2. The number of aliphatic imine (C=N–C) groups is 1. The first-order valence-corrected chi connectivity index (χ1v) is 11.7. The number of rotatable bonds is 8. The quantitative estimate of drug-likeness (QED) is 0.457. The van der Waals surface area contributed by atoms with Crippen molar-refractivity contribution in [3.8, 4) is 23.0 Å². The summed E-state index contributed by atoms with van der Waals surface area (Å²) in [5, 5.41) is 1.99. The Bertz CT molecular complexity index is 1370. The van der Waals surface area contributed by atoms with Crippen molar-refractivity contribution in [1.29, 1.82) is 0 Å². The van der Waals surface area contributed by atoms with E-state index in [1.54, 1.807) is 27.5 Å². The molecule has 0 aliphatic carbocycles. The number of allylic oxidation sites excluding steroid dienone is 1. The van der Waals surface area contributed by atoms with Crippen molar-refractivity contribution in [3.63, 3.8) is 0 Å². The lowest BCUT2D eigenvalue weighted by Gasteiger charge is -2.33. The van der Waals surface area contributed by atoms with Gasteiger partial charge in [0.15, 0.2) is 11.5 Å². The third kappa shape index (κ3) is 4.13. The topological polar surface area (TPSA) is 68.7 Å². The summed E-state index contributed by atoms with van der Waals surface area (Å²) in [6.07, 6.45) is 9.75. The molecule has 2 aliphatic rings. The predicted molar refractivity (Wildman–Crippen MR) is 143 cm³/mol. The normalized spacial score (nSPS) is 14.2. The highest BCUT2D eigenvalue weighted by Gasteiger charge is 2.29. The Morgan fingerprint density at radius 1 is 0.972 bits per heavy atom. The Labute approximate surface area is 211 Å². The van der Waals surface area contributed by atoms with Crippen LogP contribution in [0.4, 0.5) is 11.4 Å². The van der Waals surface area contributed by atoms with Crippen molar-refractivity contribution in [3.05, 3.63) is 60.1 Å². The molecule has 2 aliphatic heterocycles.